The van der Waals surface area contributed by atoms with E-state index in [0.717, 1.165) is 28.8 Å². The van der Waals surface area contributed by atoms with Gasteiger partial charge in [0, 0.05) is 30.5 Å². The number of quaternary nitrogens is 1. The molecule has 154 valence electrons. The zero-order valence-electron chi connectivity index (χ0n) is 17.4. The number of likely N-dealkylation sites (N-methyl/N-ethyl adjacent to an activating group) is 1. The van der Waals surface area contributed by atoms with Crippen molar-refractivity contribution in [2.75, 3.05) is 45.7 Å². The van der Waals surface area contributed by atoms with E-state index in [9.17, 15) is 10.0 Å². The van der Waals surface area contributed by atoms with Crippen LogP contribution in [0.3, 0.4) is 0 Å². The number of rotatable bonds is 3. The quantitative estimate of drug-likeness (QED) is 0.477. The first-order chi connectivity index (χ1) is 13.0. The average molecular weight is 408 g/mol. The topological polar surface area (TPSA) is 82.5 Å². The summed E-state index contributed by atoms with van der Waals surface area (Å²) in [5.74, 6) is 1.54. The maximum Gasteiger partial charge on any atom is 0.298 e. The molecule has 2 heterocycles. The number of methoxy groups -OCH3 is 1. The van der Waals surface area contributed by atoms with Gasteiger partial charge in [-0.3, -0.25) is 4.79 Å². The molecule has 0 aliphatic carbocycles. The Kier molecular flexibility index (Phi) is 5.64. The summed E-state index contributed by atoms with van der Waals surface area (Å²) in [5, 5.41) is 14.7. The third-order valence-electron chi connectivity index (χ3n) is 4.97. The summed E-state index contributed by atoms with van der Waals surface area (Å²) in [5.41, 5.74) is 2.28. The number of ether oxygens (including phenoxy) is 1. The summed E-state index contributed by atoms with van der Waals surface area (Å²) < 4.78 is 9.21. The highest BCUT2D eigenvalue weighted by Crippen LogP contribution is 2.33. The van der Waals surface area contributed by atoms with Crippen molar-refractivity contribution < 1.29 is 14.2 Å². The number of piperazine rings is 1. The van der Waals surface area contributed by atoms with E-state index in [4.69, 9.17) is 9.72 Å². The molecule has 1 fully saturated rings. The molecule has 1 aromatic heterocycles. The highest BCUT2D eigenvalue weighted by Gasteiger charge is 2.25. The minimum atomic E-state index is -0.250. The van der Waals surface area contributed by atoms with Gasteiger partial charge in [0.2, 0.25) is 0 Å². The van der Waals surface area contributed by atoms with Crippen LogP contribution in [0.2, 0.25) is 0 Å². The first kappa shape index (κ1) is 20.9. The lowest BCUT2D eigenvalue weighted by atomic mass is 9.96. The van der Waals surface area contributed by atoms with Crippen LogP contribution in [0.15, 0.2) is 12.1 Å². The van der Waals surface area contributed by atoms with Gasteiger partial charge >= 0.3 is 0 Å². The second kappa shape index (κ2) is 7.55. The molecule has 3 rings (SSSR count). The lowest BCUT2D eigenvalue weighted by Gasteiger charge is -2.44. The van der Waals surface area contributed by atoms with Crippen molar-refractivity contribution in [3.63, 3.8) is 0 Å². The van der Waals surface area contributed by atoms with Crippen LogP contribution in [-0.2, 0) is 12.5 Å². The molecule has 1 saturated heterocycles. The fraction of sp³-hybridized carbons (Fsp3) is 0.579. The molecule has 2 aromatic rings. The summed E-state index contributed by atoms with van der Waals surface area (Å²) in [7, 11) is 5.23. The van der Waals surface area contributed by atoms with Crippen LogP contribution >= 0.6 is 11.9 Å². The number of nitrogens with one attached hydrogen (secondary N) is 1. The second-order valence-corrected chi connectivity index (χ2v) is 9.53. The van der Waals surface area contributed by atoms with E-state index in [0.29, 0.717) is 37.6 Å². The van der Waals surface area contributed by atoms with Crippen LogP contribution in [0.5, 0.6) is 5.75 Å². The van der Waals surface area contributed by atoms with Crippen LogP contribution in [0, 0.1) is 5.21 Å². The molecule has 1 amide bonds. The van der Waals surface area contributed by atoms with Crippen molar-refractivity contribution in [3.05, 3.63) is 23.2 Å². The standard InChI is InChI=1S/C19H29N5O3S/c1-19(2,3)17-20-13-12-16(27-6)14(11-15(13)22(17)4)21-18(25)28-23-7-9-24(5,26)10-8-23/h11-12H,7-10H2,1-6H3,(H,21,25). The van der Waals surface area contributed by atoms with Gasteiger partial charge in [-0.25, -0.2) is 9.29 Å². The molecule has 1 aliphatic rings. The maximum absolute atomic E-state index is 12.5. The molecule has 0 bridgehead atoms. The van der Waals surface area contributed by atoms with Gasteiger partial charge in [0.15, 0.2) is 0 Å². The molecule has 0 radical (unpaired) electrons. The Labute approximate surface area is 170 Å². The molecule has 1 aliphatic heterocycles. The smallest absolute Gasteiger partial charge is 0.298 e. The Morgan fingerprint density at radius 2 is 1.96 bits per heavy atom. The number of nitrogens with zero attached hydrogens (tertiary/aromatic N) is 4. The third kappa shape index (κ3) is 4.43. The van der Waals surface area contributed by atoms with Crippen molar-refractivity contribution >= 4 is 33.9 Å². The average Bonchev–Trinajstić information content (AvgIpc) is 2.92. The van der Waals surface area contributed by atoms with Crippen LogP contribution in [0.1, 0.15) is 26.6 Å². The number of anilines is 1. The molecule has 0 atom stereocenters. The van der Waals surface area contributed by atoms with Crippen LogP contribution < -0.4 is 10.1 Å². The van der Waals surface area contributed by atoms with Gasteiger partial charge < -0.3 is 24.5 Å². The maximum atomic E-state index is 12.5. The van der Waals surface area contributed by atoms with Gasteiger partial charge in [-0.2, -0.15) is 0 Å². The van der Waals surface area contributed by atoms with Crippen LogP contribution in [0.4, 0.5) is 10.5 Å². The van der Waals surface area contributed by atoms with Crippen molar-refractivity contribution in [2.45, 2.75) is 26.2 Å². The summed E-state index contributed by atoms with van der Waals surface area (Å²) in [6.07, 6.45) is 0. The van der Waals surface area contributed by atoms with Crippen molar-refractivity contribution in [1.82, 2.24) is 13.9 Å². The second-order valence-electron chi connectivity index (χ2n) is 8.46. The minimum absolute atomic E-state index is 0.0941. The number of hydrogen-bond donors (Lipinski definition) is 1. The molecule has 1 N–H and O–H groups in total. The number of carbonyl (C=O) groups is 1. The normalized spacial score (nSPS) is 17.7. The molecule has 0 saturated carbocycles. The van der Waals surface area contributed by atoms with Gasteiger partial charge in [-0.05, 0) is 6.07 Å². The number of hydrogen-bond acceptors (Lipinski definition) is 6. The Morgan fingerprint density at radius 3 is 2.54 bits per heavy atom. The molecular weight excluding hydrogens is 378 g/mol. The number of carbonyl (C=O) groups excluding carboxylic acids is 1. The minimum Gasteiger partial charge on any atom is -0.633 e. The molecule has 8 nitrogen and oxygen atoms in total. The third-order valence-corrected chi connectivity index (χ3v) is 5.86. The summed E-state index contributed by atoms with van der Waals surface area (Å²) in [4.78, 5) is 17.3. The zero-order chi connectivity index (χ0) is 20.7. The van der Waals surface area contributed by atoms with E-state index in [1.807, 2.05) is 23.5 Å². The first-order valence-electron chi connectivity index (χ1n) is 9.34. The zero-order valence-corrected chi connectivity index (χ0v) is 18.2. The highest BCUT2D eigenvalue weighted by molar-refractivity contribution is 8.11. The highest BCUT2D eigenvalue weighted by atomic mass is 32.2. The summed E-state index contributed by atoms with van der Waals surface area (Å²) in [6.45, 7) is 8.51. The molecule has 0 spiro atoms. The SMILES string of the molecule is COc1cc2nc(C(C)(C)C)n(C)c2cc1NC(=O)SN1CC[N+](C)([O-])CC1. The molecule has 28 heavy (non-hydrogen) atoms. The predicted molar refractivity (Wildman–Crippen MR) is 113 cm³/mol. The van der Waals surface area contributed by atoms with Gasteiger partial charge in [0.25, 0.3) is 5.24 Å². The van der Waals surface area contributed by atoms with Crippen LogP contribution in [0.25, 0.3) is 11.0 Å². The molecular formula is C19H29N5O3S. The Hall–Kier alpha value is -1.81. The van der Waals surface area contributed by atoms with Crippen LogP contribution in [-0.4, -0.2) is 64.1 Å². The van der Waals surface area contributed by atoms with Gasteiger partial charge in [-0.1, -0.05) is 20.8 Å². The van der Waals surface area contributed by atoms with Gasteiger partial charge in [0.1, 0.15) is 11.6 Å². The Morgan fingerprint density at radius 1 is 1.32 bits per heavy atom. The van der Waals surface area contributed by atoms with Gasteiger partial charge in [-0.15, -0.1) is 0 Å². The lowest BCUT2D eigenvalue weighted by Crippen LogP contribution is -2.52. The number of amides is 1. The van der Waals surface area contributed by atoms with E-state index in [-0.39, 0.29) is 15.3 Å². The predicted octanol–water partition coefficient (Wildman–Crippen LogP) is 3.32. The molecule has 0 unspecified atom stereocenters. The number of aryl methyl sites for hydroxylation is 1. The molecule has 1 aromatic carbocycles. The number of imidazole rings is 1. The van der Waals surface area contributed by atoms with Crippen molar-refractivity contribution in [1.29, 1.82) is 0 Å². The Bertz CT molecular complexity index is 878. The van der Waals surface area contributed by atoms with E-state index in [2.05, 4.69) is 30.7 Å². The summed E-state index contributed by atoms with van der Waals surface area (Å²) >= 11 is 1.11. The number of fused-ring (bicyclic) bond motifs is 1. The monoisotopic (exact) mass is 407 g/mol. The largest absolute Gasteiger partial charge is 0.633 e. The van der Waals surface area contributed by atoms with Crippen molar-refractivity contribution in [3.8, 4) is 5.75 Å². The van der Waals surface area contributed by atoms with Gasteiger partial charge in [0.05, 0.1) is 57.1 Å². The molecule has 9 heteroatoms. The van der Waals surface area contributed by atoms with E-state index in [1.165, 1.54) is 0 Å². The van der Waals surface area contributed by atoms with E-state index in [1.54, 1.807) is 14.2 Å². The fourth-order valence-corrected chi connectivity index (χ4v) is 4.10. The van der Waals surface area contributed by atoms with E-state index >= 15 is 0 Å². The Balaban J connectivity index is 1.80. The first-order valence-corrected chi connectivity index (χ1v) is 10.1. The number of aromatic nitrogens is 2. The van der Waals surface area contributed by atoms with Crippen molar-refractivity contribution in [2.24, 2.45) is 7.05 Å². The number of hydroxylamine groups is 3. The fourth-order valence-electron chi connectivity index (χ4n) is 3.37. The number of benzene rings is 1. The lowest BCUT2D eigenvalue weighted by molar-refractivity contribution is -0.864. The summed E-state index contributed by atoms with van der Waals surface area (Å²) in [6, 6.07) is 3.75. The van der Waals surface area contributed by atoms with E-state index < -0.39 is 0 Å².